The molecule has 0 aliphatic heterocycles. The number of aliphatic imine (C=N–C) groups is 1. The van der Waals surface area contributed by atoms with Crippen molar-refractivity contribution >= 4 is 39.8 Å². The maximum Gasteiger partial charge on any atom is 0.191 e. The van der Waals surface area contributed by atoms with Gasteiger partial charge in [-0.25, -0.2) is 8.42 Å². The van der Waals surface area contributed by atoms with Crippen LogP contribution in [0.5, 0.6) is 0 Å². The summed E-state index contributed by atoms with van der Waals surface area (Å²) in [4.78, 5) is 4.72. The van der Waals surface area contributed by atoms with Gasteiger partial charge in [-0.15, -0.1) is 24.0 Å². The molecule has 0 bridgehead atoms. The van der Waals surface area contributed by atoms with E-state index in [0.29, 0.717) is 19.0 Å². The third-order valence-electron chi connectivity index (χ3n) is 4.39. The van der Waals surface area contributed by atoms with Gasteiger partial charge in [0.1, 0.15) is 9.84 Å². The summed E-state index contributed by atoms with van der Waals surface area (Å²) < 4.78 is 22.5. The molecule has 0 spiro atoms. The van der Waals surface area contributed by atoms with Gasteiger partial charge in [0, 0.05) is 24.8 Å². The molecule has 7 heteroatoms. The van der Waals surface area contributed by atoms with Crippen molar-refractivity contribution in [2.45, 2.75) is 39.0 Å². The summed E-state index contributed by atoms with van der Waals surface area (Å²) in [5.41, 5.74) is 1.30. The summed E-state index contributed by atoms with van der Waals surface area (Å²) in [7, 11) is -2.98. The molecule has 5 nitrogen and oxygen atoms in total. The first-order valence-corrected chi connectivity index (χ1v) is 10.7. The topological polar surface area (TPSA) is 70.6 Å². The summed E-state index contributed by atoms with van der Waals surface area (Å²) in [6, 6.07) is 10.5. The zero-order valence-corrected chi connectivity index (χ0v) is 18.9. The van der Waals surface area contributed by atoms with Crippen LogP contribution in [0.25, 0.3) is 0 Å². The lowest BCUT2D eigenvalue weighted by atomic mass is 9.76. The minimum Gasteiger partial charge on any atom is -0.357 e. The van der Waals surface area contributed by atoms with E-state index in [1.807, 2.05) is 13.0 Å². The minimum absolute atomic E-state index is 0. The predicted octanol–water partition coefficient (Wildman–Crippen LogP) is 2.96. The van der Waals surface area contributed by atoms with Gasteiger partial charge in [0.05, 0.1) is 12.3 Å². The second-order valence-corrected chi connectivity index (χ2v) is 8.37. The van der Waals surface area contributed by atoms with E-state index in [2.05, 4.69) is 48.7 Å². The Morgan fingerprint density at radius 2 is 1.68 bits per heavy atom. The third-order valence-corrected chi connectivity index (χ3v) is 5.33. The van der Waals surface area contributed by atoms with Crippen molar-refractivity contribution in [2.75, 3.05) is 31.6 Å². The fourth-order valence-electron chi connectivity index (χ4n) is 2.69. The Morgan fingerprint density at radius 3 is 2.16 bits per heavy atom. The molecule has 0 aliphatic carbocycles. The summed E-state index contributed by atoms with van der Waals surface area (Å²) >= 11 is 0. The number of nitrogens with zero attached hydrogens (tertiary/aromatic N) is 1. The number of hydrogen-bond donors (Lipinski definition) is 2. The maximum absolute atomic E-state index is 11.3. The van der Waals surface area contributed by atoms with Crippen LogP contribution in [0.1, 0.15) is 39.2 Å². The maximum atomic E-state index is 11.3. The van der Waals surface area contributed by atoms with E-state index in [0.717, 1.165) is 19.4 Å². The van der Waals surface area contributed by atoms with Crippen LogP contribution in [0.4, 0.5) is 0 Å². The summed E-state index contributed by atoms with van der Waals surface area (Å²) in [5.74, 6) is 0.770. The van der Waals surface area contributed by atoms with E-state index >= 15 is 0 Å². The Hall–Kier alpha value is -0.830. The number of halogens is 1. The van der Waals surface area contributed by atoms with E-state index in [1.54, 1.807) is 0 Å². The SMILES string of the molecule is CCNC(=NCC(CC)(CC)c1ccccc1)NCCS(C)(=O)=O.I. The van der Waals surface area contributed by atoms with E-state index in [9.17, 15) is 8.42 Å². The van der Waals surface area contributed by atoms with E-state index in [1.165, 1.54) is 11.8 Å². The highest BCUT2D eigenvalue weighted by molar-refractivity contribution is 14.0. The van der Waals surface area contributed by atoms with Crippen LogP contribution in [-0.2, 0) is 15.3 Å². The molecule has 0 radical (unpaired) electrons. The van der Waals surface area contributed by atoms with E-state index < -0.39 is 9.84 Å². The molecule has 1 aromatic rings. The van der Waals surface area contributed by atoms with Gasteiger partial charge < -0.3 is 10.6 Å². The first-order valence-electron chi connectivity index (χ1n) is 8.62. The van der Waals surface area contributed by atoms with Crippen LogP contribution in [0.2, 0.25) is 0 Å². The normalized spacial score (nSPS) is 12.4. The molecule has 0 atom stereocenters. The largest absolute Gasteiger partial charge is 0.357 e. The molecule has 1 aromatic carbocycles. The second kappa shape index (κ2) is 11.7. The van der Waals surface area contributed by atoms with Crippen LogP contribution >= 0.6 is 24.0 Å². The lowest BCUT2D eigenvalue weighted by molar-refractivity contribution is 0.407. The highest BCUT2D eigenvalue weighted by Crippen LogP contribution is 2.31. The number of benzene rings is 1. The lowest BCUT2D eigenvalue weighted by Crippen LogP contribution is -2.41. The molecule has 0 aliphatic rings. The van der Waals surface area contributed by atoms with Crippen molar-refractivity contribution < 1.29 is 8.42 Å². The number of sulfone groups is 1. The van der Waals surface area contributed by atoms with Crippen molar-refractivity contribution in [3.8, 4) is 0 Å². The van der Waals surface area contributed by atoms with Crippen LogP contribution in [0.15, 0.2) is 35.3 Å². The Bertz CT molecular complexity index is 614. The molecule has 144 valence electrons. The number of rotatable bonds is 9. The molecule has 0 heterocycles. The van der Waals surface area contributed by atoms with Crippen LogP contribution in [0.3, 0.4) is 0 Å². The fourth-order valence-corrected chi connectivity index (χ4v) is 3.16. The van der Waals surface area contributed by atoms with Gasteiger partial charge in [-0.3, -0.25) is 4.99 Å². The van der Waals surface area contributed by atoms with Gasteiger partial charge in [-0.2, -0.15) is 0 Å². The number of hydrogen-bond acceptors (Lipinski definition) is 3. The highest BCUT2D eigenvalue weighted by atomic mass is 127. The second-order valence-electron chi connectivity index (χ2n) is 6.11. The molecular formula is C18H32IN3O2S. The van der Waals surface area contributed by atoms with Crippen LogP contribution in [-0.4, -0.2) is 46.0 Å². The van der Waals surface area contributed by atoms with Gasteiger partial charge in [-0.1, -0.05) is 44.2 Å². The Morgan fingerprint density at radius 1 is 1.08 bits per heavy atom. The molecular weight excluding hydrogens is 449 g/mol. The van der Waals surface area contributed by atoms with Crippen molar-refractivity contribution in [2.24, 2.45) is 4.99 Å². The highest BCUT2D eigenvalue weighted by Gasteiger charge is 2.28. The number of nitrogens with one attached hydrogen (secondary N) is 2. The lowest BCUT2D eigenvalue weighted by Gasteiger charge is -2.31. The molecule has 1 rings (SSSR count). The van der Waals surface area contributed by atoms with Gasteiger partial charge >= 0.3 is 0 Å². The summed E-state index contributed by atoms with van der Waals surface area (Å²) in [6.07, 6.45) is 3.24. The smallest absolute Gasteiger partial charge is 0.191 e. The third kappa shape index (κ3) is 8.40. The predicted molar refractivity (Wildman–Crippen MR) is 118 cm³/mol. The molecule has 0 saturated carbocycles. The molecule has 25 heavy (non-hydrogen) atoms. The Labute approximate surface area is 170 Å². The van der Waals surface area contributed by atoms with Crippen molar-refractivity contribution in [3.05, 3.63) is 35.9 Å². The first kappa shape index (κ1) is 24.2. The molecule has 0 fully saturated rings. The standard InChI is InChI=1S/C18H31N3O2S.HI/c1-5-18(6-2,16-11-9-8-10-12-16)15-21-17(19-7-3)20-13-14-24(4,22)23;/h8-12H,5-7,13-15H2,1-4H3,(H2,19,20,21);1H. The zero-order valence-electron chi connectivity index (χ0n) is 15.7. The average molecular weight is 481 g/mol. The fraction of sp³-hybridized carbons (Fsp3) is 0.611. The quantitative estimate of drug-likeness (QED) is 0.323. The Kier molecular flexibility index (Phi) is 11.3. The van der Waals surface area contributed by atoms with Gasteiger partial charge in [0.25, 0.3) is 0 Å². The molecule has 0 unspecified atom stereocenters. The molecule has 0 saturated heterocycles. The molecule has 0 amide bonds. The molecule has 0 aromatic heterocycles. The van der Waals surface area contributed by atoms with Crippen LogP contribution < -0.4 is 10.6 Å². The first-order chi connectivity index (χ1) is 11.4. The average Bonchev–Trinajstić information content (AvgIpc) is 2.56. The van der Waals surface area contributed by atoms with E-state index in [-0.39, 0.29) is 35.1 Å². The summed E-state index contributed by atoms with van der Waals surface area (Å²) in [6.45, 7) is 8.14. The number of guanidine groups is 1. The van der Waals surface area contributed by atoms with E-state index in [4.69, 9.17) is 4.99 Å². The van der Waals surface area contributed by atoms with Crippen molar-refractivity contribution in [1.29, 1.82) is 0 Å². The van der Waals surface area contributed by atoms with Gasteiger partial charge in [-0.05, 0) is 25.3 Å². The molecule has 2 N–H and O–H groups in total. The Balaban J connectivity index is 0.00000576. The zero-order chi connectivity index (χ0) is 18.1. The van der Waals surface area contributed by atoms with Crippen molar-refractivity contribution in [1.82, 2.24) is 10.6 Å². The summed E-state index contributed by atoms with van der Waals surface area (Å²) in [5, 5.41) is 6.29. The monoisotopic (exact) mass is 481 g/mol. The van der Waals surface area contributed by atoms with Gasteiger partial charge in [0.2, 0.25) is 0 Å². The van der Waals surface area contributed by atoms with Crippen molar-refractivity contribution in [3.63, 3.8) is 0 Å². The minimum atomic E-state index is -2.98. The van der Waals surface area contributed by atoms with Crippen LogP contribution in [0, 0.1) is 0 Å². The van der Waals surface area contributed by atoms with Gasteiger partial charge in [0.15, 0.2) is 5.96 Å².